The van der Waals surface area contributed by atoms with Gasteiger partial charge in [0, 0.05) is 0 Å². The van der Waals surface area contributed by atoms with Crippen LogP contribution in [0.3, 0.4) is 0 Å². The van der Waals surface area contributed by atoms with Crippen molar-refractivity contribution in [3.63, 3.8) is 0 Å². The Labute approximate surface area is 187 Å². The van der Waals surface area contributed by atoms with E-state index in [1.807, 2.05) is 0 Å². The number of nitrogens with two attached hydrogens (primary N) is 1. The first-order valence-electron chi connectivity index (χ1n) is 7.95. The zero-order valence-electron chi connectivity index (χ0n) is 15.2. The van der Waals surface area contributed by atoms with Crippen molar-refractivity contribution in [3.8, 4) is 0 Å². The highest BCUT2D eigenvalue weighted by Gasteiger charge is 2.56. The second-order valence-electron chi connectivity index (χ2n) is 6.12. The molecule has 0 aliphatic carbocycles. The lowest BCUT2D eigenvalue weighted by Gasteiger charge is -2.23. The molecule has 0 amide bonds. The summed E-state index contributed by atoms with van der Waals surface area (Å²) >= 11 is 12.4. The minimum Gasteiger partial charge on any atom is -0.387 e. The zero-order valence-corrected chi connectivity index (χ0v) is 19.3. The fourth-order valence-electron chi connectivity index (χ4n) is 2.62. The molecular formula is C10H14Cl2N5O12P3. The van der Waals surface area contributed by atoms with Crippen LogP contribution in [-0.2, 0) is 31.6 Å². The Kier molecular flexibility index (Phi) is 7.12. The van der Waals surface area contributed by atoms with Crippen LogP contribution in [0.1, 0.15) is 6.23 Å². The van der Waals surface area contributed by atoms with Crippen molar-refractivity contribution < 1.29 is 56.3 Å². The van der Waals surface area contributed by atoms with Gasteiger partial charge in [-0.3, -0.25) is 9.09 Å². The van der Waals surface area contributed by atoms with E-state index >= 15 is 0 Å². The van der Waals surface area contributed by atoms with E-state index in [9.17, 15) is 23.7 Å². The van der Waals surface area contributed by atoms with Gasteiger partial charge in [0.25, 0.3) is 0 Å². The van der Waals surface area contributed by atoms with E-state index in [1.54, 1.807) is 0 Å². The number of imidazole rings is 1. The number of aromatic nitrogens is 4. The Hall–Kier alpha value is -0.740. The minimum atomic E-state index is -5.72. The van der Waals surface area contributed by atoms with Gasteiger partial charge in [-0.05, 0) is 0 Å². The monoisotopic (exact) mass is 559 g/mol. The molecule has 2 aromatic heterocycles. The molecule has 0 saturated carbocycles. The van der Waals surface area contributed by atoms with Crippen molar-refractivity contribution in [2.45, 2.75) is 22.8 Å². The predicted octanol–water partition coefficient (Wildman–Crippen LogP) is 0.184. The molecule has 0 spiro atoms. The molecule has 7 N–H and O–H groups in total. The average molecular weight is 560 g/mol. The quantitative estimate of drug-likeness (QED) is 0.186. The maximum absolute atomic E-state index is 11.9. The smallest absolute Gasteiger partial charge is 0.387 e. The summed E-state index contributed by atoms with van der Waals surface area (Å²) < 4.78 is 50.1. The van der Waals surface area contributed by atoms with Gasteiger partial charge in [-0.25, -0.2) is 28.6 Å². The third-order valence-electron chi connectivity index (χ3n) is 3.84. The first-order valence-corrected chi connectivity index (χ1v) is 13.2. The largest absolute Gasteiger partial charge is 0.490 e. The van der Waals surface area contributed by atoms with Gasteiger partial charge in [0.05, 0.1) is 12.9 Å². The standard InChI is InChI=1S/C10H14Cl2N5O12P3/c11-10(12)6(18)4(1-26-31(22,23)29-32(24,25)28-30(19,20)21)27-9(10)17-3-16-5-7(13)14-2-15-8(5)17/h2-4,6,9,18H,1H2,(H,22,23)(H,24,25)(H2,13,14,15)(H2,19,20,21)/t4-,6-,9-/m1/s1. The number of phosphoric acid groups is 3. The first kappa shape index (κ1) is 25.9. The van der Waals surface area contributed by atoms with Crippen molar-refractivity contribution in [1.29, 1.82) is 0 Å². The molecule has 1 saturated heterocycles. The number of rotatable bonds is 8. The summed E-state index contributed by atoms with van der Waals surface area (Å²) in [5.41, 5.74) is 6.00. The second kappa shape index (κ2) is 8.80. The molecule has 0 bridgehead atoms. The van der Waals surface area contributed by atoms with Gasteiger partial charge < -0.3 is 35.2 Å². The lowest BCUT2D eigenvalue weighted by atomic mass is 10.2. The van der Waals surface area contributed by atoms with E-state index in [2.05, 4.69) is 28.1 Å². The topological polar surface area (TPSA) is 259 Å². The third kappa shape index (κ3) is 5.66. The van der Waals surface area contributed by atoms with Crippen LogP contribution in [0.25, 0.3) is 11.2 Å². The average Bonchev–Trinajstić information content (AvgIpc) is 3.11. The van der Waals surface area contributed by atoms with Crippen molar-refractivity contribution in [1.82, 2.24) is 19.5 Å². The molecule has 22 heteroatoms. The van der Waals surface area contributed by atoms with E-state index < -0.39 is 52.8 Å². The Morgan fingerprint density at radius 3 is 2.41 bits per heavy atom. The fourth-order valence-corrected chi connectivity index (χ4v) is 6.24. The van der Waals surface area contributed by atoms with Gasteiger partial charge in [0.2, 0.25) is 0 Å². The van der Waals surface area contributed by atoms with Crippen LogP contribution in [0, 0.1) is 0 Å². The number of fused-ring (bicyclic) bond motifs is 1. The highest BCUT2D eigenvalue weighted by Crippen LogP contribution is 2.66. The SMILES string of the molecule is Nc1ncnc2c1ncn2[C@@H]1O[C@H](COP(=O)(O)OP(=O)(O)OP(=O)(O)O)[C@@H](O)C1(Cl)Cl. The van der Waals surface area contributed by atoms with Crippen molar-refractivity contribution in [2.75, 3.05) is 12.3 Å². The molecule has 2 aromatic rings. The molecule has 0 radical (unpaired) electrons. The number of hydrogen-bond donors (Lipinski definition) is 6. The Morgan fingerprint density at radius 1 is 1.12 bits per heavy atom. The van der Waals surface area contributed by atoms with Crippen molar-refractivity contribution in [2.24, 2.45) is 0 Å². The summed E-state index contributed by atoms with van der Waals surface area (Å²) in [5.74, 6) is 0.0336. The Morgan fingerprint density at radius 2 is 1.78 bits per heavy atom. The molecule has 1 fully saturated rings. The molecule has 3 rings (SSSR count). The van der Waals surface area contributed by atoms with Gasteiger partial charge >= 0.3 is 23.5 Å². The molecule has 1 aliphatic rings. The number of alkyl halides is 2. The fraction of sp³-hybridized carbons (Fsp3) is 0.500. The van der Waals surface area contributed by atoms with Crippen LogP contribution in [-0.4, -0.2) is 67.3 Å². The summed E-state index contributed by atoms with van der Waals surface area (Å²) in [6.45, 7) is -0.980. The summed E-state index contributed by atoms with van der Waals surface area (Å²) in [6.07, 6.45) is -2.30. The zero-order chi connectivity index (χ0) is 24.1. The van der Waals surface area contributed by atoms with Crippen LogP contribution in [0.4, 0.5) is 5.82 Å². The number of aliphatic hydroxyl groups is 1. The van der Waals surface area contributed by atoms with E-state index in [-0.39, 0.29) is 17.0 Å². The number of nitrogens with zero attached hydrogens (tertiary/aromatic N) is 4. The van der Waals surface area contributed by atoms with Crippen molar-refractivity contribution in [3.05, 3.63) is 12.7 Å². The lowest BCUT2D eigenvalue weighted by molar-refractivity contribution is -0.0425. The van der Waals surface area contributed by atoms with Gasteiger partial charge in [0.15, 0.2) is 22.0 Å². The maximum atomic E-state index is 11.9. The molecule has 2 unspecified atom stereocenters. The van der Waals surface area contributed by atoms with E-state index in [0.717, 1.165) is 6.33 Å². The number of nitrogen functional groups attached to an aromatic ring is 1. The van der Waals surface area contributed by atoms with Crippen LogP contribution in [0.5, 0.6) is 0 Å². The number of aliphatic hydroxyl groups excluding tert-OH is 1. The van der Waals surface area contributed by atoms with Gasteiger partial charge in [-0.1, -0.05) is 23.2 Å². The van der Waals surface area contributed by atoms with Gasteiger partial charge in [0.1, 0.15) is 24.1 Å². The van der Waals surface area contributed by atoms with E-state index in [4.69, 9.17) is 48.4 Å². The van der Waals surface area contributed by atoms with Crippen LogP contribution >= 0.6 is 46.7 Å². The normalized spacial score (nSPS) is 27.3. The molecule has 180 valence electrons. The lowest BCUT2D eigenvalue weighted by Crippen LogP contribution is -2.37. The molecule has 1 aliphatic heterocycles. The Balaban J connectivity index is 1.74. The number of phosphoric ester groups is 1. The Bertz CT molecular complexity index is 1160. The number of halogens is 2. The summed E-state index contributed by atoms with van der Waals surface area (Å²) in [4.78, 5) is 47.5. The number of ether oxygens (including phenoxy) is 1. The maximum Gasteiger partial charge on any atom is 0.490 e. The molecule has 3 heterocycles. The molecule has 0 aromatic carbocycles. The molecule has 32 heavy (non-hydrogen) atoms. The molecule has 5 atom stereocenters. The summed E-state index contributed by atoms with van der Waals surface area (Å²) in [6, 6.07) is 0. The minimum absolute atomic E-state index is 0.0336. The first-order chi connectivity index (χ1) is 14.5. The van der Waals surface area contributed by atoms with Crippen LogP contribution in [0.15, 0.2) is 12.7 Å². The van der Waals surface area contributed by atoms with Gasteiger partial charge in [-0.2, -0.15) is 8.62 Å². The number of anilines is 1. The van der Waals surface area contributed by atoms with E-state index in [0.29, 0.717) is 0 Å². The van der Waals surface area contributed by atoms with Gasteiger partial charge in [-0.15, -0.1) is 0 Å². The number of hydrogen-bond acceptors (Lipinski definition) is 12. The highest BCUT2D eigenvalue weighted by molar-refractivity contribution is 7.66. The second-order valence-corrected chi connectivity index (χ2v) is 12.0. The van der Waals surface area contributed by atoms with Crippen LogP contribution in [0.2, 0.25) is 0 Å². The molecule has 17 nitrogen and oxygen atoms in total. The third-order valence-corrected chi connectivity index (χ3v) is 8.46. The summed E-state index contributed by atoms with van der Waals surface area (Å²) in [7, 11) is -16.7. The summed E-state index contributed by atoms with van der Waals surface area (Å²) in [5, 5.41) is 10.4. The highest BCUT2D eigenvalue weighted by atomic mass is 35.5. The van der Waals surface area contributed by atoms with Crippen molar-refractivity contribution >= 4 is 63.7 Å². The predicted molar refractivity (Wildman–Crippen MR) is 104 cm³/mol. The van der Waals surface area contributed by atoms with Crippen LogP contribution < -0.4 is 5.73 Å². The molecular weight excluding hydrogens is 546 g/mol. The van der Waals surface area contributed by atoms with E-state index in [1.165, 1.54) is 10.9 Å².